The van der Waals surface area contributed by atoms with E-state index in [-0.39, 0.29) is 59.0 Å². The molecule has 1 aromatic heterocycles. The second kappa shape index (κ2) is 10.3. The molecule has 38 heavy (non-hydrogen) atoms. The van der Waals surface area contributed by atoms with Crippen LogP contribution in [0.3, 0.4) is 0 Å². The van der Waals surface area contributed by atoms with Gasteiger partial charge in [0, 0.05) is 29.1 Å². The van der Waals surface area contributed by atoms with Gasteiger partial charge in [0.05, 0.1) is 18.4 Å². The van der Waals surface area contributed by atoms with Gasteiger partial charge in [0.15, 0.2) is 5.69 Å². The first-order valence-electron chi connectivity index (χ1n) is 12.6. The molecule has 3 heterocycles. The predicted octanol–water partition coefficient (Wildman–Crippen LogP) is 5.48. The molecule has 2 unspecified atom stereocenters. The number of aliphatic hydroxyl groups excluding tert-OH is 1. The first kappa shape index (κ1) is 26.0. The van der Waals surface area contributed by atoms with Gasteiger partial charge in [-0.05, 0) is 62.8 Å². The maximum absolute atomic E-state index is 13.0. The third kappa shape index (κ3) is 5.62. The van der Waals surface area contributed by atoms with Crippen LogP contribution >= 0.6 is 0 Å². The molecule has 1 aromatic carbocycles. The van der Waals surface area contributed by atoms with Crippen molar-refractivity contribution < 1.29 is 37.7 Å². The summed E-state index contributed by atoms with van der Waals surface area (Å²) in [7, 11) is 0. The average molecular weight is 532 g/mol. The van der Waals surface area contributed by atoms with Crippen molar-refractivity contribution in [2.75, 3.05) is 11.5 Å². The highest BCUT2D eigenvalue weighted by Gasteiger charge is 2.42. The minimum absolute atomic E-state index is 0.0149. The molecular weight excluding hydrogens is 503 g/mol. The molecular formula is C27H28F3N3O5. The Hall–Kier alpha value is -3.60. The van der Waals surface area contributed by atoms with Crippen LogP contribution < -0.4 is 9.64 Å². The summed E-state index contributed by atoms with van der Waals surface area (Å²) in [5.41, 5.74) is -0.186. The van der Waals surface area contributed by atoms with Gasteiger partial charge in [-0.3, -0.25) is 5.41 Å². The van der Waals surface area contributed by atoms with Crippen molar-refractivity contribution in [2.45, 2.75) is 63.1 Å². The summed E-state index contributed by atoms with van der Waals surface area (Å²) in [6, 6.07) is 10.5. The van der Waals surface area contributed by atoms with Crippen molar-refractivity contribution in [3.8, 4) is 5.75 Å². The number of piperidine rings is 1. The SMILES string of the molecule is N=C(/C(COC1CC2CC[C@@H](C1)N2c1cccc(C(=O)O)n1)=C(\O)C1CC1)c1ccccc1OC(F)(F)F. The van der Waals surface area contributed by atoms with Crippen molar-refractivity contribution in [3.63, 3.8) is 0 Å². The molecule has 2 saturated heterocycles. The van der Waals surface area contributed by atoms with Gasteiger partial charge >= 0.3 is 12.3 Å². The maximum atomic E-state index is 13.0. The number of hydrogen-bond acceptors (Lipinski definition) is 7. The summed E-state index contributed by atoms with van der Waals surface area (Å²) in [5, 5.41) is 28.8. The number of pyridine rings is 1. The summed E-state index contributed by atoms with van der Waals surface area (Å²) in [6.07, 6.45) is -0.524. The molecule has 3 fully saturated rings. The number of alkyl halides is 3. The summed E-state index contributed by atoms with van der Waals surface area (Å²) in [6.45, 7) is -0.113. The van der Waals surface area contributed by atoms with Gasteiger partial charge in [0.25, 0.3) is 0 Å². The van der Waals surface area contributed by atoms with Crippen LogP contribution in [0, 0.1) is 11.3 Å². The quantitative estimate of drug-likeness (QED) is 0.290. The maximum Gasteiger partial charge on any atom is 0.573 e. The Kier molecular flexibility index (Phi) is 7.04. The van der Waals surface area contributed by atoms with Gasteiger partial charge in [0.1, 0.15) is 17.3 Å². The van der Waals surface area contributed by atoms with E-state index < -0.39 is 18.1 Å². The molecule has 5 rings (SSSR count). The van der Waals surface area contributed by atoms with Crippen LogP contribution in [-0.2, 0) is 4.74 Å². The number of anilines is 1. The van der Waals surface area contributed by atoms with E-state index in [0.29, 0.717) is 18.7 Å². The van der Waals surface area contributed by atoms with Crippen LogP contribution in [0.15, 0.2) is 53.8 Å². The number of nitrogens with one attached hydrogen (secondary N) is 1. The first-order valence-corrected chi connectivity index (χ1v) is 12.6. The van der Waals surface area contributed by atoms with Crippen LogP contribution in [0.5, 0.6) is 5.75 Å². The zero-order valence-corrected chi connectivity index (χ0v) is 20.4. The van der Waals surface area contributed by atoms with Crippen molar-refractivity contribution >= 4 is 17.5 Å². The van der Waals surface area contributed by atoms with E-state index in [0.717, 1.165) is 31.7 Å². The lowest BCUT2D eigenvalue weighted by molar-refractivity contribution is -0.274. The molecule has 2 bridgehead atoms. The van der Waals surface area contributed by atoms with E-state index in [4.69, 9.17) is 10.1 Å². The third-order valence-electron chi connectivity index (χ3n) is 7.33. The van der Waals surface area contributed by atoms with Gasteiger partial charge in [-0.25, -0.2) is 9.78 Å². The lowest BCUT2D eigenvalue weighted by Crippen LogP contribution is -2.46. The van der Waals surface area contributed by atoms with Crippen molar-refractivity contribution in [3.05, 3.63) is 65.1 Å². The van der Waals surface area contributed by atoms with E-state index in [9.17, 15) is 28.2 Å². The molecule has 0 amide bonds. The number of aromatic nitrogens is 1. The van der Waals surface area contributed by atoms with Gasteiger partial charge in [-0.2, -0.15) is 0 Å². The molecule has 202 valence electrons. The van der Waals surface area contributed by atoms with Crippen LogP contribution in [0.4, 0.5) is 19.0 Å². The monoisotopic (exact) mass is 531 g/mol. The number of para-hydroxylation sites is 1. The van der Waals surface area contributed by atoms with E-state index in [1.807, 2.05) is 0 Å². The minimum atomic E-state index is -4.92. The molecule has 8 nitrogen and oxygen atoms in total. The second-order valence-electron chi connectivity index (χ2n) is 9.94. The highest BCUT2D eigenvalue weighted by Crippen LogP contribution is 2.41. The second-order valence-corrected chi connectivity index (χ2v) is 9.94. The number of hydrogen-bond donors (Lipinski definition) is 3. The molecule has 3 aliphatic rings. The Morgan fingerprint density at radius 2 is 1.71 bits per heavy atom. The van der Waals surface area contributed by atoms with Crippen LogP contribution in [-0.4, -0.2) is 58.0 Å². The number of ether oxygens (including phenoxy) is 2. The number of rotatable bonds is 9. The molecule has 2 aliphatic heterocycles. The number of nitrogens with zero attached hydrogens (tertiary/aromatic N) is 2. The summed E-state index contributed by atoms with van der Waals surface area (Å²) >= 11 is 0. The van der Waals surface area contributed by atoms with E-state index >= 15 is 0 Å². The largest absolute Gasteiger partial charge is 0.573 e. The number of aliphatic hydroxyl groups is 1. The van der Waals surface area contributed by atoms with Gasteiger partial charge in [-0.1, -0.05) is 18.2 Å². The Labute approximate surface area is 217 Å². The summed E-state index contributed by atoms with van der Waals surface area (Å²) in [4.78, 5) is 17.8. The Balaban J connectivity index is 1.31. The summed E-state index contributed by atoms with van der Waals surface area (Å²) < 4.78 is 49.2. The number of carboxylic acid groups (broad SMARTS) is 1. The molecule has 1 aliphatic carbocycles. The normalized spacial score (nSPS) is 23.7. The number of aromatic carboxylic acids is 1. The number of fused-ring (bicyclic) bond motifs is 2. The third-order valence-corrected chi connectivity index (χ3v) is 7.33. The van der Waals surface area contributed by atoms with Crippen molar-refractivity contribution in [1.82, 2.24) is 4.98 Å². The fourth-order valence-corrected chi connectivity index (χ4v) is 5.45. The fourth-order valence-electron chi connectivity index (χ4n) is 5.45. The summed E-state index contributed by atoms with van der Waals surface area (Å²) in [5.74, 6) is -1.13. The van der Waals surface area contributed by atoms with Crippen LogP contribution in [0.2, 0.25) is 0 Å². The van der Waals surface area contributed by atoms with E-state index in [2.05, 4.69) is 14.6 Å². The lowest BCUT2D eigenvalue weighted by atomic mass is 9.98. The highest BCUT2D eigenvalue weighted by atomic mass is 19.4. The van der Waals surface area contributed by atoms with Gasteiger partial charge in [0.2, 0.25) is 0 Å². The Morgan fingerprint density at radius 3 is 2.34 bits per heavy atom. The van der Waals surface area contributed by atoms with Gasteiger partial charge in [-0.15, -0.1) is 13.2 Å². The number of carboxylic acids is 1. The topological polar surface area (TPSA) is 116 Å². The average Bonchev–Trinajstić information content (AvgIpc) is 3.68. The van der Waals surface area contributed by atoms with E-state index in [1.165, 1.54) is 24.3 Å². The lowest BCUT2D eigenvalue weighted by Gasteiger charge is -2.39. The zero-order chi connectivity index (χ0) is 27.0. The van der Waals surface area contributed by atoms with Crippen molar-refractivity contribution in [1.29, 1.82) is 5.41 Å². The van der Waals surface area contributed by atoms with Crippen LogP contribution in [0.25, 0.3) is 0 Å². The molecule has 3 N–H and O–H groups in total. The van der Waals surface area contributed by atoms with E-state index in [1.54, 1.807) is 12.1 Å². The van der Waals surface area contributed by atoms with Crippen molar-refractivity contribution in [2.24, 2.45) is 5.92 Å². The zero-order valence-electron chi connectivity index (χ0n) is 20.4. The molecule has 1 saturated carbocycles. The molecule has 11 heteroatoms. The Bertz CT molecular complexity index is 1250. The molecule has 3 atom stereocenters. The first-order chi connectivity index (χ1) is 18.1. The number of halogens is 3. The fraction of sp³-hybridized carbons (Fsp3) is 0.444. The minimum Gasteiger partial charge on any atom is -0.512 e. The Morgan fingerprint density at radius 1 is 1.03 bits per heavy atom. The molecule has 0 spiro atoms. The number of allylic oxidation sites excluding steroid dienone is 1. The number of carbonyl (C=O) groups is 1. The standard InChI is InChI=1S/C27H28F3N3O5/c28-27(29,30)38-22-6-2-1-4-19(22)24(31)20(25(34)15-8-9-15)14-37-18-12-16-10-11-17(13-18)33(16)23-7-3-5-21(32-23)26(35)36/h1-7,15-18,31,34H,8-14H2,(H,35,36)/b25-20-,31-24?/t16-,17?,18?/m0/s1. The number of benzene rings is 1. The van der Waals surface area contributed by atoms with Crippen LogP contribution in [0.1, 0.15) is 54.6 Å². The molecule has 2 aromatic rings. The highest BCUT2D eigenvalue weighted by molar-refractivity contribution is 6.12. The van der Waals surface area contributed by atoms with Gasteiger partial charge < -0.3 is 24.6 Å². The smallest absolute Gasteiger partial charge is 0.512 e. The molecule has 0 radical (unpaired) electrons. The predicted molar refractivity (Wildman–Crippen MR) is 132 cm³/mol.